The molecule has 0 fully saturated rings. The number of nitrogens with one attached hydrogen (secondary N) is 1. The highest BCUT2D eigenvalue weighted by Crippen LogP contribution is 2.18. The van der Waals surface area contributed by atoms with E-state index in [9.17, 15) is 9.59 Å². The van der Waals surface area contributed by atoms with Gasteiger partial charge in [0.25, 0.3) is 5.91 Å². The molecule has 0 saturated carbocycles. The molecule has 8 heteroatoms. The van der Waals surface area contributed by atoms with Crippen LogP contribution in [-0.4, -0.2) is 50.6 Å². The van der Waals surface area contributed by atoms with Crippen LogP contribution in [0.2, 0.25) is 0 Å². The molecule has 0 unspecified atom stereocenters. The average molecular weight is 379 g/mol. The third-order valence-electron chi connectivity index (χ3n) is 4.19. The Labute approximate surface area is 162 Å². The lowest BCUT2D eigenvalue weighted by Gasteiger charge is -2.22. The van der Waals surface area contributed by atoms with Crippen LogP contribution in [0.5, 0.6) is 0 Å². The Morgan fingerprint density at radius 2 is 1.96 bits per heavy atom. The van der Waals surface area contributed by atoms with Crippen LogP contribution in [0.4, 0.5) is 0 Å². The van der Waals surface area contributed by atoms with Crippen molar-refractivity contribution >= 4 is 11.9 Å². The number of hydrogen-bond donors (Lipinski definition) is 1. The first-order valence-electron chi connectivity index (χ1n) is 8.81. The first kappa shape index (κ1) is 19.2. The number of carbonyl (C=O) groups excluding carboxylic acids is 2. The monoisotopic (exact) mass is 379 g/mol. The number of carbonyl (C=O) groups is 2. The van der Waals surface area contributed by atoms with Gasteiger partial charge in [-0.3, -0.25) is 19.7 Å². The third-order valence-corrected chi connectivity index (χ3v) is 4.19. The Morgan fingerprint density at radius 1 is 1.18 bits per heavy atom. The number of hydrogen-bond acceptors (Lipinski definition) is 6. The Morgan fingerprint density at radius 3 is 2.64 bits per heavy atom. The summed E-state index contributed by atoms with van der Waals surface area (Å²) in [5.74, 6) is 0.679. The maximum atomic E-state index is 13.1. The second-order valence-electron chi connectivity index (χ2n) is 6.23. The Kier molecular flexibility index (Phi) is 6.11. The van der Waals surface area contributed by atoms with E-state index in [1.807, 2.05) is 25.1 Å². The van der Waals surface area contributed by atoms with E-state index in [4.69, 9.17) is 4.74 Å². The van der Waals surface area contributed by atoms with Gasteiger partial charge >= 0.3 is 5.97 Å². The highest BCUT2D eigenvalue weighted by Gasteiger charge is 2.19. The number of ether oxygens (including phenoxy) is 1. The number of H-pyrrole nitrogens is 1. The molecule has 1 N–H and O–H groups in total. The van der Waals surface area contributed by atoms with Crippen molar-refractivity contribution in [2.75, 3.05) is 13.7 Å². The Hall–Kier alpha value is -3.55. The molecule has 0 bridgehead atoms. The zero-order valence-corrected chi connectivity index (χ0v) is 15.8. The lowest BCUT2D eigenvalue weighted by molar-refractivity contribution is -0.140. The molecule has 0 spiro atoms. The Balaban J connectivity index is 1.84. The second kappa shape index (κ2) is 8.90. The number of nitrogens with zero attached hydrogens (tertiary/aromatic N) is 4. The summed E-state index contributed by atoms with van der Waals surface area (Å²) in [5.41, 5.74) is 2.17. The van der Waals surface area contributed by atoms with Gasteiger partial charge in [0.1, 0.15) is 5.82 Å². The van der Waals surface area contributed by atoms with E-state index in [-0.39, 0.29) is 24.8 Å². The molecular weight excluding hydrogens is 358 g/mol. The zero-order valence-electron chi connectivity index (χ0n) is 15.8. The summed E-state index contributed by atoms with van der Waals surface area (Å²) in [5, 5.41) is 6.94. The summed E-state index contributed by atoms with van der Waals surface area (Å²) in [6, 6.07) is 10.8. The molecule has 0 aliphatic heterocycles. The number of aromatic nitrogens is 4. The summed E-state index contributed by atoms with van der Waals surface area (Å²) >= 11 is 0. The van der Waals surface area contributed by atoms with Crippen molar-refractivity contribution in [2.24, 2.45) is 0 Å². The van der Waals surface area contributed by atoms with Crippen LogP contribution in [0.15, 0.2) is 48.8 Å². The Bertz CT molecular complexity index is 955. The maximum absolute atomic E-state index is 13.1. The van der Waals surface area contributed by atoms with Crippen LogP contribution < -0.4 is 0 Å². The van der Waals surface area contributed by atoms with Crippen LogP contribution >= 0.6 is 0 Å². The number of benzene rings is 1. The van der Waals surface area contributed by atoms with E-state index >= 15 is 0 Å². The lowest BCUT2D eigenvalue weighted by Crippen LogP contribution is -2.32. The van der Waals surface area contributed by atoms with Gasteiger partial charge in [-0.25, -0.2) is 4.98 Å². The quantitative estimate of drug-likeness (QED) is 0.633. The number of aromatic amines is 1. The minimum atomic E-state index is -0.363. The van der Waals surface area contributed by atoms with Crippen molar-refractivity contribution in [3.63, 3.8) is 0 Å². The van der Waals surface area contributed by atoms with Crippen LogP contribution in [-0.2, 0) is 16.1 Å². The maximum Gasteiger partial charge on any atom is 0.307 e. The van der Waals surface area contributed by atoms with Gasteiger partial charge in [0.15, 0.2) is 5.82 Å². The van der Waals surface area contributed by atoms with E-state index in [1.165, 1.54) is 7.11 Å². The van der Waals surface area contributed by atoms with E-state index in [0.29, 0.717) is 23.8 Å². The molecule has 0 aliphatic rings. The van der Waals surface area contributed by atoms with E-state index in [1.54, 1.807) is 35.5 Å². The van der Waals surface area contributed by atoms with Crippen LogP contribution in [0, 0.1) is 6.92 Å². The molecule has 3 aromatic rings. The van der Waals surface area contributed by atoms with Crippen molar-refractivity contribution in [1.29, 1.82) is 0 Å². The summed E-state index contributed by atoms with van der Waals surface area (Å²) in [4.78, 5) is 34.6. The van der Waals surface area contributed by atoms with Gasteiger partial charge in [0.2, 0.25) is 0 Å². The molecule has 0 aliphatic carbocycles. The number of aryl methyl sites for hydroxylation is 1. The molecule has 0 atom stereocenters. The first-order chi connectivity index (χ1) is 13.6. The predicted octanol–water partition coefficient (Wildman–Crippen LogP) is 2.38. The number of esters is 1. The van der Waals surface area contributed by atoms with E-state index < -0.39 is 0 Å². The van der Waals surface area contributed by atoms with E-state index in [2.05, 4.69) is 20.2 Å². The van der Waals surface area contributed by atoms with Gasteiger partial charge < -0.3 is 9.64 Å². The molecule has 0 radical (unpaired) electrons. The number of pyridine rings is 1. The normalized spacial score (nSPS) is 10.5. The standard InChI is InChI=1S/C20H21N5O3/c1-14-22-19(24-23-14)16-4-3-5-17(12-16)20(27)25(11-8-18(26)28-2)13-15-6-9-21-10-7-15/h3-7,9-10,12H,8,11,13H2,1-2H3,(H,22,23,24). The molecule has 2 aromatic heterocycles. The van der Waals surface area contributed by atoms with Crippen LogP contribution in [0.1, 0.15) is 28.2 Å². The topological polar surface area (TPSA) is 101 Å². The molecule has 144 valence electrons. The number of rotatable bonds is 7. The minimum absolute atomic E-state index is 0.118. The minimum Gasteiger partial charge on any atom is -0.469 e. The molecule has 1 aromatic carbocycles. The fourth-order valence-corrected chi connectivity index (χ4v) is 2.73. The van der Waals surface area contributed by atoms with Gasteiger partial charge in [-0.05, 0) is 36.8 Å². The van der Waals surface area contributed by atoms with Crippen LogP contribution in [0.25, 0.3) is 11.4 Å². The van der Waals surface area contributed by atoms with E-state index in [0.717, 1.165) is 11.1 Å². The lowest BCUT2D eigenvalue weighted by atomic mass is 10.1. The van der Waals surface area contributed by atoms with Gasteiger partial charge in [-0.2, -0.15) is 5.10 Å². The molecule has 0 saturated heterocycles. The summed E-state index contributed by atoms with van der Waals surface area (Å²) < 4.78 is 4.71. The summed E-state index contributed by atoms with van der Waals surface area (Å²) in [6.07, 6.45) is 3.46. The third kappa shape index (κ3) is 4.79. The second-order valence-corrected chi connectivity index (χ2v) is 6.23. The van der Waals surface area contributed by atoms with Gasteiger partial charge in [0, 0.05) is 36.6 Å². The van der Waals surface area contributed by atoms with Crippen LogP contribution in [0.3, 0.4) is 0 Å². The number of methoxy groups -OCH3 is 1. The average Bonchev–Trinajstić information content (AvgIpc) is 3.17. The van der Waals surface area contributed by atoms with Crippen molar-refractivity contribution < 1.29 is 14.3 Å². The van der Waals surface area contributed by atoms with Crippen molar-refractivity contribution in [2.45, 2.75) is 19.9 Å². The highest BCUT2D eigenvalue weighted by molar-refractivity contribution is 5.95. The fraction of sp³-hybridized carbons (Fsp3) is 0.250. The van der Waals surface area contributed by atoms with Crippen molar-refractivity contribution in [1.82, 2.24) is 25.1 Å². The van der Waals surface area contributed by atoms with Crippen molar-refractivity contribution in [3.8, 4) is 11.4 Å². The fourth-order valence-electron chi connectivity index (χ4n) is 2.73. The molecule has 3 rings (SSSR count). The SMILES string of the molecule is COC(=O)CCN(Cc1ccncc1)C(=O)c1cccc(-c2n[nH]c(C)n2)c1. The highest BCUT2D eigenvalue weighted by atomic mass is 16.5. The van der Waals surface area contributed by atoms with Gasteiger partial charge in [0.05, 0.1) is 13.5 Å². The summed E-state index contributed by atoms with van der Waals surface area (Å²) in [7, 11) is 1.33. The van der Waals surface area contributed by atoms with Crippen molar-refractivity contribution in [3.05, 3.63) is 65.7 Å². The molecule has 28 heavy (non-hydrogen) atoms. The van der Waals surface area contributed by atoms with Gasteiger partial charge in [-0.1, -0.05) is 12.1 Å². The zero-order chi connectivity index (χ0) is 19.9. The smallest absolute Gasteiger partial charge is 0.307 e. The largest absolute Gasteiger partial charge is 0.469 e. The molecular formula is C20H21N5O3. The molecule has 1 amide bonds. The van der Waals surface area contributed by atoms with Gasteiger partial charge in [-0.15, -0.1) is 0 Å². The molecule has 8 nitrogen and oxygen atoms in total. The summed E-state index contributed by atoms with van der Waals surface area (Å²) in [6.45, 7) is 2.43. The number of amides is 1. The molecule has 2 heterocycles. The predicted molar refractivity (Wildman–Crippen MR) is 102 cm³/mol. The first-order valence-corrected chi connectivity index (χ1v) is 8.81.